The fraction of sp³-hybridized carbons (Fsp3) is 0. The van der Waals surface area contributed by atoms with Gasteiger partial charge < -0.3 is 36.8 Å². The van der Waals surface area contributed by atoms with Gasteiger partial charge in [-0.15, -0.1) is 0 Å². The van der Waals surface area contributed by atoms with Crippen molar-refractivity contribution in [2.24, 2.45) is 0 Å². The van der Waals surface area contributed by atoms with E-state index in [4.69, 9.17) is 30.6 Å². The molecule has 0 aliphatic heterocycles. The first-order valence-electron chi connectivity index (χ1n) is 1.10. The Balaban J connectivity index is -0.0000000300. The van der Waals surface area contributed by atoms with E-state index in [2.05, 4.69) is 0 Å². The number of rotatable bonds is 0. The molecule has 0 spiro atoms. The van der Waals surface area contributed by atoms with Crippen molar-refractivity contribution in [3.63, 3.8) is 0 Å². The standard InChI is InChI=1S/Cd.2NO3.H3N/c;2*2-1(3)4;/h;;;1H3/q;2*-1;/p+1. The molecule has 4 N–H and O–H groups in total. The Bertz CT molecular complexity index is 71.0. The Labute approximate surface area is 74.6 Å². The van der Waals surface area contributed by atoms with E-state index < -0.39 is 10.2 Å². The predicted octanol–water partition coefficient (Wildman–Crippen LogP) is -0.105. The van der Waals surface area contributed by atoms with Gasteiger partial charge in [-0.3, -0.25) is 0 Å². The van der Waals surface area contributed by atoms with Crippen molar-refractivity contribution in [1.82, 2.24) is 6.15 Å². The molecular weight excluding hydrogens is 250 g/mol. The number of hydrogen-bond donors (Lipinski definition) is 1. The monoisotopic (exact) mass is 256 g/mol. The third kappa shape index (κ3) is 558. The molecule has 0 saturated heterocycles. The molecule has 0 fully saturated rings. The molecule has 0 rings (SSSR count). The van der Waals surface area contributed by atoms with E-state index in [1.54, 1.807) is 0 Å². The number of quaternary nitrogens is 1. The quantitative estimate of drug-likeness (QED) is 0.359. The summed E-state index contributed by atoms with van der Waals surface area (Å²) in [5.74, 6) is 0. The zero-order valence-corrected chi connectivity index (χ0v) is 9.09. The van der Waals surface area contributed by atoms with E-state index >= 15 is 0 Å². The van der Waals surface area contributed by atoms with Crippen LogP contribution in [0.1, 0.15) is 0 Å². The molecule has 0 bridgehead atoms. The van der Waals surface area contributed by atoms with Crippen molar-refractivity contribution >= 4 is 0 Å². The zero-order valence-electron chi connectivity index (χ0n) is 5.05. The van der Waals surface area contributed by atoms with E-state index in [9.17, 15) is 0 Å². The topological polar surface area (TPSA) is 169 Å². The third-order valence-electron chi connectivity index (χ3n) is 0. The summed E-state index contributed by atoms with van der Waals surface area (Å²) in [7, 11) is 0. The maximum absolute atomic E-state index is 8.25. The molecule has 0 heterocycles. The Morgan fingerprint density at radius 1 is 0.800 bits per heavy atom. The molecule has 0 atom stereocenters. The predicted molar refractivity (Wildman–Crippen MR) is 26.7 cm³/mol. The van der Waals surface area contributed by atoms with Crippen molar-refractivity contribution in [2.75, 3.05) is 0 Å². The van der Waals surface area contributed by atoms with Crippen molar-refractivity contribution in [1.29, 1.82) is 0 Å². The van der Waals surface area contributed by atoms with Gasteiger partial charge in [-0.05, 0) is 0 Å². The Morgan fingerprint density at radius 2 is 0.800 bits per heavy atom. The molecule has 9 nitrogen and oxygen atoms in total. The SMILES string of the molecule is O=[N+]([O-])[O-].O=[N+]([O-])[O-].[Cd].[NH4+]. The molecule has 0 aliphatic rings. The second-order valence-corrected chi connectivity index (χ2v) is 0.447. The average Bonchev–Trinajstić information content (AvgIpc) is 1.25. The van der Waals surface area contributed by atoms with Crippen LogP contribution in [0.4, 0.5) is 0 Å². The minimum Gasteiger partial charge on any atom is -0.369 e. The molecule has 0 unspecified atom stereocenters. The Morgan fingerprint density at radius 3 is 0.800 bits per heavy atom. The average molecular weight is 254 g/mol. The molecule has 0 radical (unpaired) electrons. The van der Waals surface area contributed by atoms with E-state index in [-0.39, 0.29) is 33.4 Å². The van der Waals surface area contributed by atoms with Crippen LogP contribution in [0.3, 0.4) is 0 Å². The summed E-state index contributed by atoms with van der Waals surface area (Å²) in [4.78, 5) is 16.5. The van der Waals surface area contributed by atoms with Crippen LogP contribution in [-0.4, -0.2) is 10.2 Å². The second kappa shape index (κ2) is 15.7. The van der Waals surface area contributed by atoms with Gasteiger partial charge in [-0.1, -0.05) is 0 Å². The van der Waals surface area contributed by atoms with Crippen LogP contribution in [0.15, 0.2) is 0 Å². The molecule has 0 aromatic carbocycles. The van der Waals surface area contributed by atoms with E-state index in [1.165, 1.54) is 0 Å². The van der Waals surface area contributed by atoms with Gasteiger partial charge in [0.2, 0.25) is 0 Å². The first-order chi connectivity index (χ1) is 3.46. The summed E-state index contributed by atoms with van der Waals surface area (Å²) in [6.45, 7) is 0. The summed E-state index contributed by atoms with van der Waals surface area (Å²) in [5, 5.41) is 29.5. The molecular formula is H4CdN3O6-. The summed E-state index contributed by atoms with van der Waals surface area (Å²) in [6, 6.07) is 0. The van der Waals surface area contributed by atoms with Gasteiger partial charge in [0.15, 0.2) is 0 Å². The summed E-state index contributed by atoms with van der Waals surface area (Å²) in [5.41, 5.74) is 0. The first-order valence-corrected chi connectivity index (χ1v) is 1.10. The van der Waals surface area contributed by atoms with Gasteiger partial charge in [0.1, 0.15) is 0 Å². The minimum absolute atomic E-state index is 0. The molecule has 10 heavy (non-hydrogen) atoms. The summed E-state index contributed by atoms with van der Waals surface area (Å²) in [6.07, 6.45) is 0. The normalized spacial score (nSPS) is 4.80. The third-order valence-corrected chi connectivity index (χ3v) is 0. The Hall–Kier alpha value is -0.718. The fourth-order valence-electron chi connectivity index (χ4n) is 0. The molecule has 58 valence electrons. The molecule has 10 heteroatoms. The maximum Gasteiger partial charge on any atom is 0.0689 e. The van der Waals surface area contributed by atoms with Crippen LogP contribution in [-0.2, 0) is 27.3 Å². The van der Waals surface area contributed by atoms with Crippen molar-refractivity contribution < 1.29 is 37.5 Å². The molecule has 0 aliphatic carbocycles. The first kappa shape index (κ1) is 22.8. The van der Waals surface area contributed by atoms with E-state index in [0.29, 0.717) is 0 Å². The largest absolute Gasteiger partial charge is 0.369 e. The van der Waals surface area contributed by atoms with E-state index in [0.717, 1.165) is 0 Å². The maximum atomic E-state index is 8.25. The van der Waals surface area contributed by atoms with Gasteiger partial charge in [0, 0.05) is 27.3 Å². The number of hydrogen-bond acceptors (Lipinski definition) is 6. The van der Waals surface area contributed by atoms with Gasteiger partial charge in [-0.2, -0.15) is 0 Å². The van der Waals surface area contributed by atoms with Crippen LogP contribution < -0.4 is 6.15 Å². The summed E-state index contributed by atoms with van der Waals surface area (Å²) < 4.78 is 0. The number of nitrogens with zero attached hydrogens (tertiary/aromatic N) is 2. The van der Waals surface area contributed by atoms with Crippen LogP contribution in [0.2, 0.25) is 0 Å². The van der Waals surface area contributed by atoms with E-state index in [1.807, 2.05) is 0 Å². The minimum atomic E-state index is -1.75. The second-order valence-electron chi connectivity index (χ2n) is 0.447. The van der Waals surface area contributed by atoms with Crippen molar-refractivity contribution in [3.8, 4) is 0 Å². The molecule has 0 aromatic heterocycles. The van der Waals surface area contributed by atoms with Gasteiger partial charge in [0.25, 0.3) is 0 Å². The molecule has 0 amide bonds. The van der Waals surface area contributed by atoms with Crippen LogP contribution in [0.25, 0.3) is 0 Å². The fourth-order valence-corrected chi connectivity index (χ4v) is 0. The zero-order chi connectivity index (χ0) is 7.15. The smallest absolute Gasteiger partial charge is 0.0689 e. The van der Waals surface area contributed by atoms with Crippen LogP contribution in [0.5, 0.6) is 0 Å². The van der Waals surface area contributed by atoms with Crippen LogP contribution >= 0.6 is 0 Å². The van der Waals surface area contributed by atoms with Gasteiger partial charge in [-0.25, -0.2) is 0 Å². The van der Waals surface area contributed by atoms with Gasteiger partial charge >= 0.3 is 0 Å². The Kier molecular flexibility index (Phi) is 35.9. The van der Waals surface area contributed by atoms with Crippen LogP contribution in [0, 0.1) is 30.6 Å². The molecule has 0 aromatic rings. The summed E-state index contributed by atoms with van der Waals surface area (Å²) >= 11 is 0. The van der Waals surface area contributed by atoms with Crippen molar-refractivity contribution in [2.45, 2.75) is 0 Å². The van der Waals surface area contributed by atoms with Crippen molar-refractivity contribution in [3.05, 3.63) is 30.6 Å². The molecule has 0 saturated carbocycles. The van der Waals surface area contributed by atoms with Gasteiger partial charge in [0.05, 0.1) is 10.2 Å².